The zero-order valence-electron chi connectivity index (χ0n) is 10.5. The van der Waals surface area contributed by atoms with Crippen LogP contribution in [0.25, 0.3) is 0 Å². The standard InChI is InChI=1S/C14H19NO2/c1-11(15-9-3-4-10-15)14(16)12-5-7-13(17-2)8-6-12/h5-8,11H,3-4,9-10H2,1-2H3. The number of Topliss-reactive ketones (excluding diaryl/α,β-unsaturated/α-hetero) is 1. The van der Waals surface area contributed by atoms with Crippen molar-refractivity contribution < 1.29 is 9.53 Å². The van der Waals surface area contributed by atoms with E-state index in [2.05, 4.69) is 4.90 Å². The van der Waals surface area contributed by atoms with Gasteiger partial charge in [0.05, 0.1) is 13.2 Å². The van der Waals surface area contributed by atoms with Gasteiger partial charge in [0.2, 0.25) is 0 Å². The molecule has 0 aliphatic carbocycles. The van der Waals surface area contributed by atoms with Crippen molar-refractivity contribution in [1.29, 1.82) is 0 Å². The Bertz CT molecular complexity index is 380. The number of rotatable bonds is 4. The highest BCUT2D eigenvalue weighted by Crippen LogP contribution is 2.17. The molecule has 1 heterocycles. The van der Waals surface area contributed by atoms with Crippen molar-refractivity contribution in [3.63, 3.8) is 0 Å². The Balaban J connectivity index is 2.07. The van der Waals surface area contributed by atoms with Crippen LogP contribution in [0.2, 0.25) is 0 Å². The van der Waals surface area contributed by atoms with Crippen LogP contribution < -0.4 is 4.74 Å². The lowest BCUT2D eigenvalue weighted by molar-refractivity contribution is 0.0867. The van der Waals surface area contributed by atoms with E-state index in [0.717, 1.165) is 24.4 Å². The van der Waals surface area contributed by atoms with E-state index in [0.29, 0.717) is 0 Å². The van der Waals surface area contributed by atoms with E-state index in [4.69, 9.17) is 4.74 Å². The van der Waals surface area contributed by atoms with Crippen LogP contribution in [0.3, 0.4) is 0 Å². The Morgan fingerprint density at radius 2 is 1.82 bits per heavy atom. The monoisotopic (exact) mass is 233 g/mol. The summed E-state index contributed by atoms with van der Waals surface area (Å²) in [7, 11) is 1.63. The molecule has 1 atom stereocenters. The van der Waals surface area contributed by atoms with Crippen molar-refractivity contribution in [2.45, 2.75) is 25.8 Å². The van der Waals surface area contributed by atoms with Gasteiger partial charge in [0.1, 0.15) is 5.75 Å². The van der Waals surface area contributed by atoms with Crippen LogP contribution in [-0.2, 0) is 0 Å². The van der Waals surface area contributed by atoms with E-state index in [1.807, 2.05) is 31.2 Å². The van der Waals surface area contributed by atoms with E-state index >= 15 is 0 Å². The molecule has 1 unspecified atom stereocenters. The fraction of sp³-hybridized carbons (Fsp3) is 0.500. The molecular formula is C14H19NO2. The Hall–Kier alpha value is -1.35. The largest absolute Gasteiger partial charge is 0.497 e. The Labute approximate surface area is 102 Å². The van der Waals surface area contributed by atoms with E-state index in [-0.39, 0.29) is 11.8 Å². The Morgan fingerprint density at radius 3 is 2.35 bits per heavy atom. The third kappa shape index (κ3) is 2.67. The van der Waals surface area contributed by atoms with Crippen LogP contribution >= 0.6 is 0 Å². The molecule has 0 bridgehead atoms. The highest BCUT2D eigenvalue weighted by atomic mass is 16.5. The molecule has 1 aliphatic rings. The first-order chi connectivity index (χ1) is 8.22. The minimum atomic E-state index is -0.00843. The minimum Gasteiger partial charge on any atom is -0.497 e. The maximum atomic E-state index is 12.2. The molecule has 1 aromatic carbocycles. The van der Waals surface area contributed by atoms with E-state index in [9.17, 15) is 4.79 Å². The van der Waals surface area contributed by atoms with Gasteiger partial charge in [-0.25, -0.2) is 0 Å². The number of likely N-dealkylation sites (tertiary alicyclic amines) is 1. The van der Waals surface area contributed by atoms with Gasteiger partial charge in [0.15, 0.2) is 5.78 Å². The number of hydrogen-bond acceptors (Lipinski definition) is 3. The molecule has 0 radical (unpaired) electrons. The molecule has 1 aliphatic heterocycles. The molecule has 2 rings (SSSR count). The van der Waals surface area contributed by atoms with E-state index in [1.54, 1.807) is 7.11 Å². The van der Waals surface area contributed by atoms with Gasteiger partial charge < -0.3 is 4.74 Å². The maximum Gasteiger partial charge on any atom is 0.179 e. The first kappa shape index (κ1) is 12.1. The summed E-state index contributed by atoms with van der Waals surface area (Å²) < 4.78 is 5.09. The van der Waals surface area contributed by atoms with Gasteiger partial charge in [-0.15, -0.1) is 0 Å². The summed E-state index contributed by atoms with van der Waals surface area (Å²) in [5, 5.41) is 0. The predicted octanol–water partition coefficient (Wildman–Crippen LogP) is 2.36. The summed E-state index contributed by atoms with van der Waals surface area (Å²) in [6.45, 7) is 4.09. The average molecular weight is 233 g/mol. The zero-order valence-corrected chi connectivity index (χ0v) is 10.5. The van der Waals surface area contributed by atoms with Crippen LogP contribution in [0.4, 0.5) is 0 Å². The minimum absolute atomic E-state index is 0.00843. The van der Waals surface area contributed by atoms with Crippen LogP contribution in [0.1, 0.15) is 30.1 Å². The van der Waals surface area contributed by atoms with Crippen molar-refractivity contribution in [2.24, 2.45) is 0 Å². The molecule has 0 spiro atoms. The summed E-state index contributed by atoms with van der Waals surface area (Å²) in [5.41, 5.74) is 0.769. The molecule has 1 fully saturated rings. The second-order valence-electron chi connectivity index (χ2n) is 4.51. The molecule has 0 saturated carbocycles. The topological polar surface area (TPSA) is 29.5 Å². The van der Waals surface area contributed by atoms with Crippen molar-refractivity contribution in [3.8, 4) is 5.75 Å². The van der Waals surface area contributed by atoms with E-state index in [1.165, 1.54) is 12.8 Å². The van der Waals surface area contributed by atoms with Gasteiger partial charge in [0.25, 0.3) is 0 Å². The number of benzene rings is 1. The number of nitrogens with zero attached hydrogens (tertiary/aromatic N) is 1. The fourth-order valence-electron chi connectivity index (χ4n) is 2.29. The van der Waals surface area contributed by atoms with Crippen LogP contribution in [0.5, 0.6) is 5.75 Å². The van der Waals surface area contributed by atoms with Crippen molar-refractivity contribution >= 4 is 5.78 Å². The molecule has 92 valence electrons. The highest BCUT2D eigenvalue weighted by molar-refractivity contribution is 5.99. The molecule has 3 heteroatoms. The highest BCUT2D eigenvalue weighted by Gasteiger charge is 2.24. The van der Waals surface area contributed by atoms with Gasteiger partial charge in [0, 0.05) is 5.56 Å². The third-order valence-electron chi connectivity index (χ3n) is 3.44. The third-order valence-corrected chi connectivity index (χ3v) is 3.44. The first-order valence-electron chi connectivity index (χ1n) is 6.14. The lowest BCUT2D eigenvalue weighted by Gasteiger charge is -2.22. The SMILES string of the molecule is COc1ccc(C(=O)C(C)N2CCCC2)cc1. The van der Waals surface area contributed by atoms with Gasteiger partial charge in [-0.3, -0.25) is 9.69 Å². The number of hydrogen-bond donors (Lipinski definition) is 0. The lowest BCUT2D eigenvalue weighted by atomic mass is 10.0. The number of carbonyl (C=O) groups excluding carboxylic acids is 1. The maximum absolute atomic E-state index is 12.2. The summed E-state index contributed by atoms with van der Waals surface area (Å²) in [6.07, 6.45) is 2.42. The summed E-state index contributed by atoms with van der Waals surface area (Å²) >= 11 is 0. The molecule has 1 aromatic rings. The first-order valence-corrected chi connectivity index (χ1v) is 6.14. The number of carbonyl (C=O) groups is 1. The fourth-order valence-corrected chi connectivity index (χ4v) is 2.29. The molecule has 0 N–H and O–H groups in total. The molecule has 0 aromatic heterocycles. The van der Waals surface area contributed by atoms with Crippen LogP contribution in [0.15, 0.2) is 24.3 Å². The summed E-state index contributed by atoms with van der Waals surface area (Å²) in [4.78, 5) is 14.5. The van der Waals surface area contributed by atoms with E-state index < -0.39 is 0 Å². The Morgan fingerprint density at radius 1 is 1.24 bits per heavy atom. The normalized spacial score (nSPS) is 18.0. The second-order valence-corrected chi connectivity index (χ2v) is 4.51. The Kier molecular flexibility index (Phi) is 3.79. The van der Waals surface area contributed by atoms with Crippen LogP contribution in [0, 0.1) is 0 Å². The predicted molar refractivity (Wildman–Crippen MR) is 67.6 cm³/mol. The van der Waals surface area contributed by atoms with Crippen molar-refractivity contribution in [2.75, 3.05) is 20.2 Å². The van der Waals surface area contributed by atoms with Gasteiger partial charge in [-0.2, -0.15) is 0 Å². The van der Waals surface area contributed by atoms with Gasteiger partial charge in [-0.1, -0.05) is 0 Å². The summed E-state index contributed by atoms with van der Waals surface area (Å²) in [6, 6.07) is 7.35. The second kappa shape index (κ2) is 5.32. The smallest absolute Gasteiger partial charge is 0.179 e. The zero-order chi connectivity index (χ0) is 12.3. The quantitative estimate of drug-likeness (QED) is 0.748. The van der Waals surface area contributed by atoms with Gasteiger partial charge >= 0.3 is 0 Å². The number of ketones is 1. The van der Waals surface area contributed by atoms with Crippen LogP contribution in [-0.4, -0.2) is 36.9 Å². The van der Waals surface area contributed by atoms with Crippen molar-refractivity contribution in [1.82, 2.24) is 4.90 Å². The van der Waals surface area contributed by atoms with Crippen molar-refractivity contribution in [3.05, 3.63) is 29.8 Å². The average Bonchev–Trinajstić information content (AvgIpc) is 2.91. The molecule has 17 heavy (non-hydrogen) atoms. The number of ether oxygens (including phenoxy) is 1. The molecule has 1 saturated heterocycles. The lowest BCUT2D eigenvalue weighted by Crippen LogP contribution is -2.36. The number of methoxy groups -OCH3 is 1. The molecule has 3 nitrogen and oxygen atoms in total. The molecule has 0 amide bonds. The molecular weight excluding hydrogens is 214 g/mol. The van der Waals surface area contributed by atoms with Gasteiger partial charge in [-0.05, 0) is 57.1 Å². The summed E-state index contributed by atoms with van der Waals surface area (Å²) in [5.74, 6) is 0.991.